The maximum Gasteiger partial charge on any atom is 0.343 e. The summed E-state index contributed by atoms with van der Waals surface area (Å²) in [4.78, 5) is 37.3. The molecule has 2 amide bonds. The molecule has 0 bridgehead atoms. The molecule has 204 valence electrons. The smallest absolute Gasteiger partial charge is 0.343 e. The van der Waals surface area contributed by atoms with Crippen LogP contribution in [0.25, 0.3) is 0 Å². The third-order valence-corrected chi connectivity index (χ3v) is 5.68. The molecule has 0 aromatic heterocycles. The number of carbonyl (C=O) groups excluding carboxylic acids is 3. The van der Waals surface area contributed by atoms with Gasteiger partial charge in [0.25, 0.3) is 11.8 Å². The van der Waals surface area contributed by atoms with E-state index < -0.39 is 17.8 Å². The SMILES string of the molecule is CCCOc1ccc(C(=O)Oc2ccc(Br)cc2/C=N/NC(=O)CNC(=O)c2ccc(OC)c(OC)c2)cc1. The lowest BCUT2D eigenvalue weighted by Crippen LogP contribution is -2.34. The van der Waals surface area contributed by atoms with Gasteiger partial charge in [-0.3, -0.25) is 9.59 Å². The molecule has 10 nitrogen and oxygen atoms in total. The number of hydrazone groups is 1. The van der Waals surface area contributed by atoms with Crippen LogP contribution in [0, 0.1) is 0 Å². The van der Waals surface area contributed by atoms with Crippen molar-refractivity contribution < 1.29 is 33.3 Å². The molecule has 3 rings (SSSR count). The Kier molecular flexibility index (Phi) is 10.9. The molecule has 0 aliphatic rings. The monoisotopic (exact) mass is 597 g/mol. The van der Waals surface area contributed by atoms with Gasteiger partial charge >= 0.3 is 5.97 Å². The quantitative estimate of drug-likeness (QED) is 0.138. The number of halogens is 1. The third-order valence-electron chi connectivity index (χ3n) is 5.19. The fourth-order valence-electron chi connectivity index (χ4n) is 3.23. The molecule has 2 N–H and O–H groups in total. The zero-order valence-corrected chi connectivity index (χ0v) is 23.2. The van der Waals surface area contributed by atoms with E-state index in [4.69, 9.17) is 18.9 Å². The Balaban J connectivity index is 1.57. The minimum Gasteiger partial charge on any atom is -0.494 e. The summed E-state index contributed by atoms with van der Waals surface area (Å²) in [6, 6.07) is 16.3. The van der Waals surface area contributed by atoms with Crippen LogP contribution < -0.4 is 29.7 Å². The molecule has 11 heteroatoms. The van der Waals surface area contributed by atoms with Crippen LogP contribution in [0.4, 0.5) is 0 Å². The van der Waals surface area contributed by atoms with Gasteiger partial charge in [0.15, 0.2) is 11.5 Å². The highest BCUT2D eigenvalue weighted by molar-refractivity contribution is 9.10. The number of ether oxygens (including phenoxy) is 4. The van der Waals surface area contributed by atoms with E-state index in [0.717, 1.165) is 10.9 Å². The Bertz CT molecular complexity index is 1340. The largest absolute Gasteiger partial charge is 0.494 e. The Labute approximate surface area is 234 Å². The molecule has 0 saturated heterocycles. The fraction of sp³-hybridized carbons (Fsp3) is 0.214. The first-order valence-corrected chi connectivity index (χ1v) is 12.7. The number of nitrogens with zero attached hydrogens (tertiary/aromatic N) is 1. The van der Waals surface area contributed by atoms with E-state index in [9.17, 15) is 14.4 Å². The summed E-state index contributed by atoms with van der Waals surface area (Å²) in [5.74, 6) is 0.197. The zero-order valence-electron chi connectivity index (χ0n) is 21.7. The molecular weight excluding hydrogens is 570 g/mol. The summed E-state index contributed by atoms with van der Waals surface area (Å²) in [6.45, 7) is 2.28. The van der Waals surface area contributed by atoms with E-state index in [1.165, 1.54) is 26.5 Å². The van der Waals surface area contributed by atoms with Gasteiger partial charge in [0.05, 0.1) is 39.1 Å². The second-order valence-corrected chi connectivity index (χ2v) is 8.91. The van der Waals surface area contributed by atoms with Crippen LogP contribution in [0.1, 0.15) is 39.6 Å². The van der Waals surface area contributed by atoms with Crippen molar-refractivity contribution in [1.82, 2.24) is 10.7 Å². The van der Waals surface area contributed by atoms with Crippen molar-refractivity contribution in [3.05, 3.63) is 81.8 Å². The first kappa shape index (κ1) is 29.2. The van der Waals surface area contributed by atoms with E-state index in [1.807, 2.05) is 6.92 Å². The molecule has 39 heavy (non-hydrogen) atoms. The average Bonchev–Trinajstić information content (AvgIpc) is 2.95. The summed E-state index contributed by atoms with van der Waals surface area (Å²) in [5.41, 5.74) is 3.42. The Morgan fingerprint density at radius 1 is 0.897 bits per heavy atom. The average molecular weight is 598 g/mol. The lowest BCUT2D eigenvalue weighted by Gasteiger charge is -2.10. The van der Waals surface area contributed by atoms with Gasteiger partial charge in [-0.2, -0.15) is 5.10 Å². The van der Waals surface area contributed by atoms with Gasteiger partial charge < -0.3 is 24.3 Å². The molecule has 0 unspecified atom stereocenters. The van der Waals surface area contributed by atoms with Crippen molar-refractivity contribution in [3.8, 4) is 23.0 Å². The Hall–Kier alpha value is -4.38. The van der Waals surface area contributed by atoms with Gasteiger partial charge in [-0.15, -0.1) is 0 Å². The molecule has 0 radical (unpaired) electrons. The van der Waals surface area contributed by atoms with E-state index >= 15 is 0 Å². The predicted molar refractivity (Wildman–Crippen MR) is 149 cm³/mol. The minimum atomic E-state index is -0.559. The number of esters is 1. The number of methoxy groups -OCH3 is 2. The molecule has 0 atom stereocenters. The number of benzene rings is 3. The molecule has 0 spiro atoms. The second-order valence-electron chi connectivity index (χ2n) is 7.99. The van der Waals surface area contributed by atoms with Crippen molar-refractivity contribution in [2.24, 2.45) is 5.10 Å². The van der Waals surface area contributed by atoms with Crippen LogP contribution in [0.5, 0.6) is 23.0 Å². The van der Waals surface area contributed by atoms with Crippen LogP contribution in [0.2, 0.25) is 0 Å². The maximum atomic E-state index is 12.7. The highest BCUT2D eigenvalue weighted by atomic mass is 79.9. The lowest BCUT2D eigenvalue weighted by molar-refractivity contribution is -0.120. The fourth-order valence-corrected chi connectivity index (χ4v) is 3.61. The van der Waals surface area contributed by atoms with Crippen molar-refractivity contribution in [2.45, 2.75) is 13.3 Å². The van der Waals surface area contributed by atoms with Crippen LogP contribution in [0.15, 0.2) is 70.2 Å². The van der Waals surface area contributed by atoms with E-state index in [-0.39, 0.29) is 12.3 Å². The van der Waals surface area contributed by atoms with Gasteiger partial charge in [0.2, 0.25) is 0 Å². The topological polar surface area (TPSA) is 125 Å². The minimum absolute atomic E-state index is 0.245. The molecule has 0 aliphatic carbocycles. The molecule has 0 fully saturated rings. The zero-order chi connectivity index (χ0) is 28.2. The van der Waals surface area contributed by atoms with Gasteiger partial charge in [-0.25, -0.2) is 10.2 Å². The summed E-state index contributed by atoms with van der Waals surface area (Å²) in [7, 11) is 2.95. The van der Waals surface area contributed by atoms with Gasteiger partial charge in [0, 0.05) is 15.6 Å². The molecule has 0 aliphatic heterocycles. The van der Waals surface area contributed by atoms with Crippen LogP contribution in [-0.2, 0) is 4.79 Å². The Morgan fingerprint density at radius 3 is 2.28 bits per heavy atom. The first-order chi connectivity index (χ1) is 18.8. The molecule has 0 saturated carbocycles. The van der Waals surface area contributed by atoms with E-state index in [1.54, 1.807) is 54.6 Å². The van der Waals surface area contributed by atoms with Gasteiger partial charge in [-0.05, 0) is 67.1 Å². The summed E-state index contributed by atoms with van der Waals surface area (Å²) in [6.07, 6.45) is 2.22. The van der Waals surface area contributed by atoms with Crippen molar-refractivity contribution in [3.63, 3.8) is 0 Å². The van der Waals surface area contributed by atoms with Gasteiger partial charge in [-0.1, -0.05) is 22.9 Å². The van der Waals surface area contributed by atoms with Crippen LogP contribution >= 0.6 is 15.9 Å². The van der Waals surface area contributed by atoms with E-state index in [2.05, 4.69) is 31.8 Å². The number of nitrogens with one attached hydrogen (secondary N) is 2. The van der Waals surface area contributed by atoms with Gasteiger partial charge in [0.1, 0.15) is 11.5 Å². The lowest BCUT2D eigenvalue weighted by atomic mass is 10.2. The molecule has 3 aromatic rings. The van der Waals surface area contributed by atoms with Crippen LogP contribution in [0.3, 0.4) is 0 Å². The number of rotatable bonds is 12. The third kappa shape index (κ3) is 8.57. The Morgan fingerprint density at radius 2 is 1.59 bits per heavy atom. The highest BCUT2D eigenvalue weighted by Crippen LogP contribution is 2.27. The number of amides is 2. The van der Waals surface area contributed by atoms with Crippen LogP contribution in [-0.4, -0.2) is 51.4 Å². The predicted octanol–water partition coefficient (Wildman–Crippen LogP) is 4.35. The first-order valence-electron chi connectivity index (χ1n) is 11.9. The van der Waals surface area contributed by atoms with Crippen molar-refractivity contribution in [1.29, 1.82) is 0 Å². The summed E-state index contributed by atoms with van der Waals surface area (Å²) < 4.78 is 22.1. The summed E-state index contributed by atoms with van der Waals surface area (Å²) >= 11 is 3.37. The normalized spacial score (nSPS) is 10.6. The maximum absolute atomic E-state index is 12.7. The van der Waals surface area contributed by atoms with E-state index in [0.29, 0.717) is 40.5 Å². The molecule has 0 heterocycles. The molecular formula is C28H28BrN3O7. The highest BCUT2D eigenvalue weighted by Gasteiger charge is 2.13. The standard InChI is InChI=1S/C28H28BrN3O7/c1-4-13-38-22-9-5-18(6-10-22)28(35)39-23-12-8-21(29)14-20(23)16-31-32-26(33)17-30-27(34)19-7-11-24(36-2)25(15-19)37-3/h5-12,14-16H,4,13,17H2,1-3H3,(H,30,34)(H,32,33)/b31-16+. The summed E-state index contributed by atoms with van der Waals surface area (Å²) in [5, 5.41) is 6.43. The number of hydrogen-bond acceptors (Lipinski definition) is 8. The van der Waals surface area contributed by atoms with Crippen molar-refractivity contribution in [2.75, 3.05) is 27.4 Å². The number of hydrogen-bond donors (Lipinski definition) is 2. The molecule has 3 aromatic carbocycles. The second kappa shape index (κ2) is 14.5. The van der Waals surface area contributed by atoms with Crippen molar-refractivity contribution >= 4 is 39.9 Å². The number of carbonyl (C=O) groups is 3.